The van der Waals surface area contributed by atoms with Gasteiger partial charge in [0.25, 0.3) is 0 Å². The summed E-state index contributed by atoms with van der Waals surface area (Å²) in [5.41, 5.74) is 0. The average Bonchev–Trinajstić information content (AvgIpc) is 2.24. The highest BCUT2D eigenvalue weighted by Gasteiger charge is 2.15. The molecular formula is C11H19NO2S. The third-order valence-corrected chi connectivity index (χ3v) is 2.84. The molecule has 0 heterocycles. The predicted molar refractivity (Wildman–Crippen MR) is 64.8 cm³/mol. The van der Waals surface area contributed by atoms with Gasteiger partial charge in [-0.05, 0) is 18.6 Å². The zero-order valence-corrected chi connectivity index (χ0v) is 10.3. The van der Waals surface area contributed by atoms with Gasteiger partial charge in [0.1, 0.15) is 0 Å². The number of imide groups is 1. The first-order chi connectivity index (χ1) is 7.13. The van der Waals surface area contributed by atoms with Crippen molar-refractivity contribution in [2.75, 3.05) is 18.6 Å². The molecule has 4 heteroatoms. The first kappa shape index (κ1) is 14.2. The van der Waals surface area contributed by atoms with Crippen molar-refractivity contribution in [2.24, 2.45) is 0 Å². The van der Waals surface area contributed by atoms with Crippen LogP contribution in [0.1, 0.15) is 26.2 Å². The molecule has 86 valence electrons. The number of carbonyl (C=O) groups excluding carboxylic acids is 2. The molecule has 2 amide bonds. The lowest BCUT2D eigenvalue weighted by atomic mass is 10.2. The van der Waals surface area contributed by atoms with Crippen LogP contribution in [0.2, 0.25) is 0 Å². The number of allylic oxidation sites excluding steroid dienone is 1. The van der Waals surface area contributed by atoms with Gasteiger partial charge in [0.15, 0.2) is 0 Å². The van der Waals surface area contributed by atoms with Gasteiger partial charge in [-0.25, -0.2) is 0 Å². The SMILES string of the molecule is C=CCCCC(=O)N(C)C(=O)CSCC. The maximum Gasteiger partial charge on any atom is 0.238 e. The molecule has 0 spiro atoms. The predicted octanol–water partition coefficient (Wildman–Crippen LogP) is 2.08. The van der Waals surface area contributed by atoms with Gasteiger partial charge >= 0.3 is 0 Å². The summed E-state index contributed by atoms with van der Waals surface area (Å²) in [6.07, 6.45) is 3.78. The maximum absolute atomic E-state index is 11.5. The van der Waals surface area contributed by atoms with Crippen molar-refractivity contribution in [3.05, 3.63) is 12.7 Å². The van der Waals surface area contributed by atoms with Crippen LogP contribution in [0.5, 0.6) is 0 Å². The van der Waals surface area contributed by atoms with E-state index in [1.807, 2.05) is 6.92 Å². The number of thioether (sulfide) groups is 1. The second-order valence-electron chi connectivity index (χ2n) is 3.16. The van der Waals surface area contributed by atoms with Crippen LogP contribution < -0.4 is 0 Å². The van der Waals surface area contributed by atoms with Crippen LogP contribution in [0.25, 0.3) is 0 Å². The van der Waals surface area contributed by atoms with Crippen molar-refractivity contribution in [1.82, 2.24) is 4.90 Å². The van der Waals surface area contributed by atoms with Crippen LogP contribution in [-0.4, -0.2) is 35.3 Å². The van der Waals surface area contributed by atoms with Gasteiger partial charge in [0.05, 0.1) is 5.75 Å². The lowest BCUT2D eigenvalue weighted by Crippen LogP contribution is -2.34. The van der Waals surface area contributed by atoms with Crippen molar-refractivity contribution < 1.29 is 9.59 Å². The molecule has 0 saturated carbocycles. The molecule has 0 radical (unpaired) electrons. The second-order valence-corrected chi connectivity index (χ2v) is 4.44. The first-order valence-corrected chi connectivity index (χ1v) is 6.27. The highest BCUT2D eigenvalue weighted by molar-refractivity contribution is 7.99. The Labute approximate surface area is 95.9 Å². The number of amides is 2. The van der Waals surface area contributed by atoms with E-state index in [0.29, 0.717) is 12.2 Å². The molecular weight excluding hydrogens is 210 g/mol. The quantitative estimate of drug-likeness (QED) is 0.495. The summed E-state index contributed by atoms with van der Waals surface area (Å²) in [6, 6.07) is 0. The Balaban J connectivity index is 3.85. The Hall–Kier alpha value is -0.770. The molecule has 0 fully saturated rings. The van der Waals surface area contributed by atoms with Crippen molar-refractivity contribution in [1.29, 1.82) is 0 Å². The Morgan fingerprint density at radius 3 is 2.60 bits per heavy atom. The first-order valence-electron chi connectivity index (χ1n) is 5.11. The molecule has 3 nitrogen and oxygen atoms in total. The Bertz CT molecular complexity index is 229. The number of carbonyl (C=O) groups is 2. The molecule has 0 aliphatic carbocycles. The molecule has 0 unspecified atom stereocenters. The van der Waals surface area contributed by atoms with E-state index in [9.17, 15) is 9.59 Å². The van der Waals surface area contributed by atoms with Crippen molar-refractivity contribution in [2.45, 2.75) is 26.2 Å². The summed E-state index contributed by atoms with van der Waals surface area (Å²) in [4.78, 5) is 24.2. The Kier molecular flexibility index (Phi) is 8.09. The van der Waals surface area contributed by atoms with Gasteiger partial charge in [-0.1, -0.05) is 13.0 Å². The van der Waals surface area contributed by atoms with Gasteiger partial charge in [-0.3, -0.25) is 14.5 Å². The van der Waals surface area contributed by atoms with Crippen LogP contribution in [0.4, 0.5) is 0 Å². The van der Waals surface area contributed by atoms with Crippen LogP contribution in [0.15, 0.2) is 12.7 Å². The van der Waals surface area contributed by atoms with E-state index in [2.05, 4.69) is 6.58 Å². The largest absolute Gasteiger partial charge is 0.285 e. The van der Waals surface area contributed by atoms with Gasteiger partial charge in [0, 0.05) is 13.5 Å². The van der Waals surface area contributed by atoms with E-state index in [1.165, 1.54) is 16.7 Å². The molecule has 0 aromatic carbocycles. The molecule has 0 N–H and O–H groups in total. The minimum atomic E-state index is -0.106. The fourth-order valence-electron chi connectivity index (χ4n) is 0.991. The molecule has 0 aliphatic heterocycles. The van der Waals surface area contributed by atoms with Crippen LogP contribution in [-0.2, 0) is 9.59 Å². The molecule has 0 aliphatic rings. The van der Waals surface area contributed by atoms with Gasteiger partial charge in [0.2, 0.25) is 11.8 Å². The summed E-state index contributed by atoms with van der Waals surface area (Å²) in [7, 11) is 1.55. The summed E-state index contributed by atoms with van der Waals surface area (Å²) in [5.74, 6) is 1.08. The summed E-state index contributed by atoms with van der Waals surface area (Å²) >= 11 is 1.53. The normalized spacial score (nSPS) is 9.73. The minimum Gasteiger partial charge on any atom is -0.285 e. The molecule has 0 rings (SSSR count). The standard InChI is InChI=1S/C11H19NO2S/c1-4-6-7-8-10(13)12(3)11(14)9-15-5-2/h4H,1,5-9H2,2-3H3. The zero-order chi connectivity index (χ0) is 11.7. The van der Waals surface area contributed by atoms with Gasteiger partial charge in [-0.15, -0.1) is 6.58 Å². The van der Waals surface area contributed by atoms with Crippen LogP contribution >= 0.6 is 11.8 Å². The molecule has 0 atom stereocenters. The molecule has 0 saturated heterocycles. The van der Waals surface area contributed by atoms with Crippen molar-refractivity contribution in [3.8, 4) is 0 Å². The summed E-state index contributed by atoms with van der Waals surface area (Å²) in [5, 5.41) is 0. The van der Waals surface area contributed by atoms with Gasteiger partial charge < -0.3 is 0 Å². The smallest absolute Gasteiger partial charge is 0.238 e. The fourth-order valence-corrected chi connectivity index (χ4v) is 1.56. The third kappa shape index (κ3) is 6.33. The average molecular weight is 229 g/mol. The van der Waals surface area contributed by atoms with Crippen LogP contribution in [0.3, 0.4) is 0 Å². The number of rotatable bonds is 7. The molecule has 15 heavy (non-hydrogen) atoms. The van der Waals surface area contributed by atoms with Gasteiger partial charge in [-0.2, -0.15) is 11.8 Å². The number of hydrogen-bond acceptors (Lipinski definition) is 3. The van der Waals surface area contributed by atoms with E-state index >= 15 is 0 Å². The van der Waals surface area contributed by atoms with E-state index in [-0.39, 0.29) is 11.8 Å². The van der Waals surface area contributed by atoms with E-state index in [1.54, 1.807) is 13.1 Å². The van der Waals surface area contributed by atoms with E-state index in [4.69, 9.17) is 0 Å². The molecule has 0 aromatic rings. The van der Waals surface area contributed by atoms with Crippen molar-refractivity contribution in [3.63, 3.8) is 0 Å². The summed E-state index contributed by atoms with van der Waals surface area (Å²) in [6.45, 7) is 5.57. The van der Waals surface area contributed by atoms with Crippen molar-refractivity contribution >= 4 is 23.6 Å². The Morgan fingerprint density at radius 1 is 1.40 bits per heavy atom. The minimum absolute atomic E-state index is 0.0986. The number of nitrogens with zero attached hydrogens (tertiary/aromatic N) is 1. The fraction of sp³-hybridized carbons (Fsp3) is 0.636. The zero-order valence-electron chi connectivity index (χ0n) is 9.49. The maximum atomic E-state index is 11.5. The number of unbranched alkanes of at least 4 members (excludes halogenated alkanes) is 1. The highest BCUT2D eigenvalue weighted by atomic mass is 32.2. The topological polar surface area (TPSA) is 37.4 Å². The molecule has 0 bridgehead atoms. The third-order valence-electron chi connectivity index (χ3n) is 1.98. The lowest BCUT2D eigenvalue weighted by molar-refractivity contribution is -0.141. The number of hydrogen-bond donors (Lipinski definition) is 0. The van der Waals surface area contributed by atoms with E-state index in [0.717, 1.165) is 18.6 Å². The summed E-state index contributed by atoms with van der Waals surface area (Å²) < 4.78 is 0. The second kappa shape index (κ2) is 8.53. The highest BCUT2D eigenvalue weighted by Crippen LogP contribution is 2.04. The molecule has 0 aromatic heterocycles. The Morgan fingerprint density at radius 2 is 2.07 bits per heavy atom. The van der Waals surface area contributed by atoms with E-state index < -0.39 is 0 Å². The monoisotopic (exact) mass is 229 g/mol. The lowest BCUT2D eigenvalue weighted by Gasteiger charge is -2.14. The van der Waals surface area contributed by atoms with Crippen LogP contribution in [0, 0.1) is 0 Å².